The highest BCUT2D eigenvalue weighted by Crippen LogP contribution is 2.23. The summed E-state index contributed by atoms with van der Waals surface area (Å²) in [6.07, 6.45) is -0.693. The Morgan fingerprint density at radius 3 is 2.48 bits per heavy atom. The molecule has 1 aromatic carbocycles. The van der Waals surface area contributed by atoms with Crippen molar-refractivity contribution in [2.24, 2.45) is 5.73 Å². The molecule has 1 aromatic rings. The molecule has 0 saturated heterocycles. The van der Waals surface area contributed by atoms with E-state index in [1.54, 1.807) is 32.9 Å². The van der Waals surface area contributed by atoms with Crippen LogP contribution in [-0.2, 0) is 14.3 Å². The van der Waals surface area contributed by atoms with E-state index in [2.05, 4.69) is 26.6 Å². The number of nitrogens with two attached hydrogens (primary N) is 1. The summed E-state index contributed by atoms with van der Waals surface area (Å²) in [6, 6.07) is 4.44. The van der Waals surface area contributed by atoms with Crippen LogP contribution in [-0.4, -0.2) is 29.6 Å². The zero-order valence-electron chi connectivity index (χ0n) is 14.8. The van der Waals surface area contributed by atoms with Crippen LogP contribution in [0.4, 0.5) is 10.5 Å². The lowest BCUT2D eigenvalue weighted by molar-refractivity contribution is -0.119. The number of nitrogens with one attached hydrogen (secondary N) is 2. The molecular formula is C17H24BrN3O4. The Morgan fingerprint density at radius 2 is 1.92 bits per heavy atom. The lowest BCUT2D eigenvalue weighted by atomic mass is 10.1. The number of benzene rings is 1. The summed E-state index contributed by atoms with van der Waals surface area (Å²) in [6.45, 7) is 7.00. The number of amides is 3. The van der Waals surface area contributed by atoms with E-state index in [9.17, 15) is 14.4 Å². The van der Waals surface area contributed by atoms with E-state index in [0.29, 0.717) is 5.69 Å². The van der Waals surface area contributed by atoms with Gasteiger partial charge in [-0.25, -0.2) is 4.79 Å². The second-order valence-corrected chi connectivity index (χ2v) is 7.46. The van der Waals surface area contributed by atoms with Crippen molar-refractivity contribution in [2.75, 3.05) is 5.32 Å². The van der Waals surface area contributed by atoms with Crippen molar-refractivity contribution >= 4 is 39.5 Å². The molecule has 0 aliphatic carbocycles. The molecule has 4 N–H and O–H groups in total. The summed E-state index contributed by atoms with van der Waals surface area (Å²) in [5, 5.41) is 5.24. The van der Waals surface area contributed by atoms with Gasteiger partial charge in [-0.05, 0) is 51.8 Å². The Morgan fingerprint density at radius 1 is 1.28 bits per heavy atom. The minimum Gasteiger partial charge on any atom is -0.444 e. The van der Waals surface area contributed by atoms with Crippen LogP contribution in [0.15, 0.2) is 22.7 Å². The molecule has 0 aromatic heterocycles. The average Bonchev–Trinajstić information content (AvgIpc) is 2.46. The van der Waals surface area contributed by atoms with Gasteiger partial charge in [0, 0.05) is 16.6 Å². The molecule has 138 valence electrons. The topological polar surface area (TPSA) is 111 Å². The predicted octanol–water partition coefficient (Wildman–Crippen LogP) is 2.85. The number of alkyl carbamates (subject to hydrolysis) is 1. The molecule has 0 heterocycles. The minimum atomic E-state index is -0.944. The van der Waals surface area contributed by atoms with Gasteiger partial charge in [0.15, 0.2) is 0 Å². The van der Waals surface area contributed by atoms with Crippen LogP contribution in [0.3, 0.4) is 0 Å². The van der Waals surface area contributed by atoms with Gasteiger partial charge in [0.1, 0.15) is 11.6 Å². The largest absolute Gasteiger partial charge is 0.444 e. The molecule has 0 saturated carbocycles. The second kappa shape index (κ2) is 8.84. The number of carbonyl (C=O) groups excluding carboxylic acids is 3. The van der Waals surface area contributed by atoms with Gasteiger partial charge < -0.3 is 21.1 Å². The van der Waals surface area contributed by atoms with Gasteiger partial charge >= 0.3 is 6.09 Å². The number of rotatable bonds is 6. The number of carbonyl (C=O) groups is 3. The minimum absolute atomic E-state index is 0.0364. The molecule has 1 atom stereocenters. The summed E-state index contributed by atoms with van der Waals surface area (Å²) in [5.41, 5.74) is 5.91. The van der Waals surface area contributed by atoms with Crippen LogP contribution in [0.25, 0.3) is 0 Å². The van der Waals surface area contributed by atoms with Gasteiger partial charge in [-0.1, -0.05) is 22.0 Å². The standard InChI is InChI=1S/C17H24BrN3O4/c1-10-11(18)6-5-7-12(10)20-15(23)13(8-9-14(19)22)21-16(24)25-17(2,3)4/h5-7,13H,8-9H2,1-4H3,(H2,19,22)(H,20,23)(H,21,24)/t13-/m0/s1. The molecule has 25 heavy (non-hydrogen) atoms. The highest BCUT2D eigenvalue weighted by Gasteiger charge is 2.25. The molecule has 0 radical (unpaired) electrons. The summed E-state index contributed by atoms with van der Waals surface area (Å²) < 4.78 is 6.01. The number of primary amides is 1. The Bertz CT molecular complexity index is 656. The van der Waals surface area contributed by atoms with E-state index in [4.69, 9.17) is 10.5 Å². The normalized spacial score (nSPS) is 12.2. The van der Waals surface area contributed by atoms with Crippen molar-refractivity contribution in [2.45, 2.75) is 52.2 Å². The Kier molecular flexibility index (Phi) is 7.41. The van der Waals surface area contributed by atoms with Crippen LogP contribution in [0.1, 0.15) is 39.2 Å². The van der Waals surface area contributed by atoms with Gasteiger partial charge in [-0.15, -0.1) is 0 Å². The number of hydrogen-bond acceptors (Lipinski definition) is 4. The second-order valence-electron chi connectivity index (χ2n) is 6.61. The van der Waals surface area contributed by atoms with Crippen molar-refractivity contribution in [3.8, 4) is 0 Å². The Labute approximate surface area is 155 Å². The SMILES string of the molecule is Cc1c(Br)cccc1NC(=O)[C@H](CCC(N)=O)NC(=O)OC(C)(C)C. The van der Waals surface area contributed by atoms with E-state index in [0.717, 1.165) is 10.0 Å². The van der Waals surface area contributed by atoms with Crippen molar-refractivity contribution < 1.29 is 19.1 Å². The fourth-order valence-electron chi connectivity index (χ4n) is 1.97. The first-order valence-corrected chi connectivity index (χ1v) is 8.62. The predicted molar refractivity (Wildman–Crippen MR) is 99.1 cm³/mol. The van der Waals surface area contributed by atoms with Gasteiger partial charge in [-0.3, -0.25) is 9.59 Å². The molecule has 0 unspecified atom stereocenters. The first kappa shape index (κ1) is 21.0. The smallest absolute Gasteiger partial charge is 0.408 e. The van der Waals surface area contributed by atoms with Crippen LogP contribution in [0, 0.1) is 6.92 Å². The Balaban J connectivity index is 2.86. The molecule has 0 spiro atoms. The fraction of sp³-hybridized carbons (Fsp3) is 0.471. The van der Waals surface area contributed by atoms with Crippen molar-refractivity contribution in [1.29, 1.82) is 0 Å². The lowest BCUT2D eigenvalue weighted by Gasteiger charge is -2.23. The summed E-state index contributed by atoms with van der Waals surface area (Å²) in [7, 11) is 0. The van der Waals surface area contributed by atoms with Gasteiger partial charge in [0.25, 0.3) is 0 Å². The third-order valence-corrected chi connectivity index (χ3v) is 4.07. The van der Waals surface area contributed by atoms with E-state index in [-0.39, 0.29) is 12.8 Å². The third kappa shape index (κ3) is 7.55. The fourth-order valence-corrected chi connectivity index (χ4v) is 2.33. The monoisotopic (exact) mass is 413 g/mol. The van der Waals surface area contributed by atoms with E-state index < -0.39 is 29.6 Å². The summed E-state index contributed by atoms with van der Waals surface area (Å²) >= 11 is 3.39. The molecule has 0 aliphatic rings. The Hall–Kier alpha value is -2.09. The maximum atomic E-state index is 12.5. The van der Waals surface area contributed by atoms with E-state index in [1.807, 2.05) is 13.0 Å². The average molecular weight is 414 g/mol. The molecule has 3 amide bonds. The third-order valence-electron chi connectivity index (χ3n) is 3.21. The van der Waals surface area contributed by atoms with Gasteiger partial charge in [0.2, 0.25) is 11.8 Å². The molecule has 0 bridgehead atoms. The molecule has 1 rings (SSSR count). The molecule has 0 fully saturated rings. The summed E-state index contributed by atoms with van der Waals surface area (Å²) in [4.78, 5) is 35.5. The van der Waals surface area contributed by atoms with Crippen molar-refractivity contribution in [3.05, 3.63) is 28.2 Å². The maximum absolute atomic E-state index is 12.5. The van der Waals surface area contributed by atoms with Gasteiger partial charge in [-0.2, -0.15) is 0 Å². The number of halogens is 1. The quantitative estimate of drug-likeness (QED) is 0.665. The van der Waals surface area contributed by atoms with Crippen LogP contribution >= 0.6 is 15.9 Å². The molecule has 7 nitrogen and oxygen atoms in total. The van der Waals surface area contributed by atoms with Crippen molar-refractivity contribution in [1.82, 2.24) is 5.32 Å². The van der Waals surface area contributed by atoms with Gasteiger partial charge in [0.05, 0.1) is 0 Å². The van der Waals surface area contributed by atoms with Crippen LogP contribution in [0.2, 0.25) is 0 Å². The zero-order chi connectivity index (χ0) is 19.2. The van der Waals surface area contributed by atoms with Crippen LogP contribution in [0.5, 0.6) is 0 Å². The maximum Gasteiger partial charge on any atom is 0.408 e. The first-order chi connectivity index (χ1) is 11.5. The number of ether oxygens (including phenoxy) is 1. The molecule has 0 aliphatic heterocycles. The highest BCUT2D eigenvalue weighted by molar-refractivity contribution is 9.10. The molecular weight excluding hydrogens is 390 g/mol. The van der Waals surface area contributed by atoms with Crippen LogP contribution < -0.4 is 16.4 Å². The molecule has 8 heteroatoms. The number of hydrogen-bond donors (Lipinski definition) is 3. The van der Waals surface area contributed by atoms with E-state index >= 15 is 0 Å². The first-order valence-electron chi connectivity index (χ1n) is 7.83. The summed E-state index contributed by atoms with van der Waals surface area (Å²) in [5.74, 6) is -1.00. The number of anilines is 1. The zero-order valence-corrected chi connectivity index (χ0v) is 16.4. The highest BCUT2D eigenvalue weighted by atomic mass is 79.9. The van der Waals surface area contributed by atoms with Crippen molar-refractivity contribution in [3.63, 3.8) is 0 Å². The lowest BCUT2D eigenvalue weighted by Crippen LogP contribution is -2.46. The van der Waals surface area contributed by atoms with E-state index in [1.165, 1.54) is 0 Å².